The molecule has 1 atom stereocenters. The second kappa shape index (κ2) is 6.65. The minimum Gasteiger partial charge on any atom is -0.383 e. The molecule has 0 aliphatic rings. The number of nitrogens with zero attached hydrogens (tertiary/aromatic N) is 2. The Morgan fingerprint density at radius 2 is 1.86 bits per heavy atom. The van der Waals surface area contributed by atoms with Crippen LogP contribution in [0, 0.1) is 0 Å². The summed E-state index contributed by atoms with van der Waals surface area (Å²) in [5.41, 5.74) is 0. The molecule has 0 saturated heterocycles. The Morgan fingerprint density at radius 1 is 1.36 bits per heavy atom. The van der Waals surface area contributed by atoms with Gasteiger partial charge in [0.05, 0.1) is 12.6 Å². The zero-order chi connectivity index (χ0) is 11.1. The van der Waals surface area contributed by atoms with Gasteiger partial charge < -0.3 is 14.5 Å². The maximum Gasteiger partial charge on any atom is 0.320 e. The van der Waals surface area contributed by atoms with Gasteiger partial charge in [-0.1, -0.05) is 0 Å². The molecule has 0 aliphatic heterocycles. The summed E-state index contributed by atoms with van der Waals surface area (Å²) in [6, 6.07) is 0.188. The molecule has 0 radical (unpaired) electrons. The molecule has 2 amide bonds. The Morgan fingerprint density at radius 3 is 2.21 bits per heavy atom. The molecule has 4 nitrogen and oxygen atoms in total. The van der Waals surface area contributed by atoms with E-state index in [9.17, 15) is 4.79 Å². The lowest BCUT2D eigenvalue weighted by Gasteiger charge is -2.30. The fraction of sp³-hybridized carbons (Fsp3) is 0.900. The lowest BCUT2D eigenvalue weighted by atomic mass is 10.3. The van der Waals surface area contributed by atoms with E-state index >= 15 is 0 Å². The Labute approximate surface area is 86.8 Å². The smallest absolute Gasteiger partial charge is 0.320 e. The van der Waals surface area contributed by atoms with E-state index in [0.29, 0.717) is 6.61 Å². The first-order valence-electron chi connectivity index (χ1n) is 5.09. The summed E-state index contributed by atoms with van der Waals surface area (Å²) >= 11 is 0. The molecule has 1 unspecified atom stereocenters. The number of hydrogen-bond acceptors (Lipinski definition) is 2. The SMILES string of the molecule is CCN(CC)C(=O)N(C)C(C)COC. The van der Waals surface area contributed by atoms with Crippen LogP contribution in [-0.4, -0.2) is 55.7 Å². The second-order valence-corrected chi connectivity index (χ2v) is 3.37. The average molecular weight is 202 g/mol. The third-order valence-electron chi connectivity index (χ3n) is 2.40. The van der Waals surface area contributed by atoms with Crippen molar-refractivity contribution in [1.82, 2.24) is 9.80 Å². The number of hydrogen-bond donors (Lipinski definition) is 0. The van der Waals surface area contributed by atoms with Gasteiger partial charge in [-0.3, -0.25) is 0 Å². The molecule has 0 aromatic heterocycles. The van der Waals surface area contributed by atoms with Crippen molar-refractivity contribution in [2.24, 2.45) is 0 Å². The van der Waals surface area contributed by atoms with E-state index in [1.165, 1.54) is 0 Å². The average Bonchev–Trinajstić information content (AvgIpc) is 2.18. The molecular weight excluding hydrogens is 180 g/mol. The van der Waals surface area contributed by atoms with Gasteiger partial charge in [-0.25, -0.2) is 4.79 Å². The molecule has 0 bridgehead atoms. The van der Waals surface area contributed by atoms with E-state index in [1.54, 1.807) is 16.9 Å². The molecule has 0 saturated carbocycles. The number of carbonyl (C=O) groups is 1. The van der Waals surface area contributed by atoms with Crippen LogP contribution in [0.5, 0.6) is 0 Å². The number of ether oxygens (including phenoxy) is 1. The molecule has 0 rings (SSSR count). The first-order chi connectivity index (χ1) is 6.58. The standard InChI is InChI=1S/C10H22N2O2/c1-6-12(7-2)10(13)11(4)9(3)8-14-5/h9H,6-8H2,1-5H3. The highest BCUT2D eigenvalue weighted by Crippen LogP contribution is 2.02. The Bertz CT molecular complexity index is 170. The molecular formula is C10H22N2O2. The highest BCUT2D eigenvalue weighted by molar-refractivity contribution is 5.74. The lowest BCUT2D eigenvalue weighted by Crippen LogP contribution is -2.46. The van der Waals surface area contributed by atoms with Crippen LogP contribution in [-0.2, 0) is 4.74 Å². The molecule has 0 spiro atoms. The number of carbonyl (C=O) groups excluding carboxylic acids is 1. The number of urea groups is 1. The third kappa shape index (κ3) is 3.54. The highest BCUT2D eigenvalue weighted by atomic mass is 16.5. The van der Waals surface area contributed by atoms with Gasteiger partial charge in [0.25, 0.3) is 0 Å². The van der Waals surface area contributed by atoms with E-state index in [-0.39, 0.29) is 12.1 Å². The fourth-order valence-electron chi connectivity index (χ4n) is 1.26. The van der Waals surface area contributed by atoms with Gasteiger partial charge in [-0.05, 0) is 20.8 Å². The predicted octanol–water partition coefficient (Wildman–Crippen LogP) is 1.41. The minimum absolute atomic E-state index is 0.0690. The van der Waals surface area contributed by atoms with Crippen molar-refractivity contribution in [2.45, 2.75) is 26.8 Å². The van der Waals surface area contributed by atoms with Crippen LogP contribution in [0.15, 0.2) is 0 Å². The number of amides is 2. The van der Waals surface area contributed by atoms with E-state index < -0.39 is 0 Å². The summed E-state index contributed by atoms with van der Waals surface area (Å²) < 4.78 is 5.01. The van der Waals surface area contributed by atoms with Gasteiger partial charge in [0.2, 0.25) is 0 Å². The fourth-order valence-corrected chi connectivity index (χ4v) is 1.26. The van der Waals surface area contributed by atoms with Gasteiger partial charge in [-0.15, -0.1) is 0 Å². The first kappa shape index (κ1) is 13.2. The van der Waals surface area contributed by atoms with Crippen LogP contribution >= 0.6 is 0 Å². The summed E-state index contributed by atoms with van der Waals surface area (Å²) in [7, 11) is 3.45. The van der Waals surface area contributed by atoms with Crippen LogP contribution in [0.3, 0.4) is 0 Å². The molecule has 0 aliphatic carbocycles. The van der Waals surface area contributed by atoms with Crippen molar-refractivity contribution >= 4 is 6.03 Å². The van der Waals surface area contributed by atoms with Crippen LogP contribution in [0.2, 0.25) is 0 Å². The molecule has 0 N–H and O–H groups in total. The Balaban J connectivity index is 4.21. The number of rotatable bonds is 5. The van der Waals surface area contributed by atoms with E-state index in [0.717, 1.165) is 13.1 Å². The van der Waals surface area contributed by atoms with E-state index in [4.69, 9.17) is 4.74 Å². The van der Waals surface area contributed by atoms with Crippen molar-refractivity contribution in [1.29, 1.82) is 0 Å². The predicted molar refractivity (Wildman–Crippen MR) is 57.4 cm³/mol. The highest BCUT2D eigenvalue weighted by Gasteiger charge is 2.19. The third-order valence-corrected chi connectivity index (χ3v) is 2.40. The monoisotopic (exact) mass is 202 g/mol. The van der Waals surface area contributed by atoms with Crippen molar-refractivity contribution in [2.75, 3.05) is 33.9 Å². The van der Waals surface area contributed by atoms with Crippen LogP contribution in [0.25, 0.3) is 0 Å². The Hall–Kier alpha value is -0.770. The van der Waals surface area contributed by atoms with Crippen LogP contribution in [0.4, 0.5) is 4.79 Å². The summed E-state index contributed by atoms with van der Waals surface area (Å²) in [6.07, 6.45) is 0. The van der Waals surface area contributed by atoms with Crippen molar-refractivity contribution in [3.8, 4) is 0 Å². The molecule has 4 heteroatoms. The summed E-state index contributed by atoms with van der Waals surface area (Å²) in [5, 5.41) is 0. The van der Waals surface area contributed by atoms with Crippen molar-refractivity contribution in [3.63, 3.8) is 0 Å². The lowest BCUT2D eigenvalue weighted by molar-refractivity contribution is 0.107. The molecule has 0 aromatic rings. The molecule has 0 heterocycles. The minimum atomic E-state index is 0.0690. The Kier molecular flexibility index (Phi) is 6.28. The van der Waals surface area contributed by atoms with Crippen molar-refractivity contribution in [3.05, 3.63) is 0 Å². The number of likely N-dealkylation sites (N-methyl/N-ethyl adjacent to an activating group) is 1. The zero-order valence-electron chi connectivity index (χ0n) is 9.91. The molecule has 0 fully saturated rings. The zero-order valence-corrected chi connectivity index (χ0v) is 9.91. The normalized spacial score (nSPS) is 12.4. The van der Waals surface area contributed by atoms with Gasteiger partial charge in [0, 0.05) is 27.2 Å². The first-order valence-corrected chi connectivity index (χ1v) is 5.09. The molecule has 84 valence electrons. The topological polar surface area (TPSA) is 32.8 Å². The van der Waals surface area contributed by atoms with Gasteiger partial charge >= 0.3 is 6.03 Å². The maximum absolute atomic E-state index is 11.8. The van der Waals surface area contributed by atoms with Crippen molar-refractivity contribution < 1.29 is 9.53 Å². The van der Waals surface area contributed by atoms with Gasteiger partial charge in [-0.2, -0.15) is 0 Å². The summed E-state index contributed by atoms with van der Waals surface area (Å²) in [6.45, 7) is 8.01. The van der Waals surface area contributed by atoms with E-state index in [2.05, 4.69) is 0 Å². The van der Waals surface area contributed by atoms with Gasteiger partial charge in [0.1, 0.15) is 0 Å². The molecule has 0 aromatic carbocycles. The quantitative estimate of drug-likeness (QED) is 0.675. The molecule has 14 heavy (non-hydrogen) atoms. The summed E-state index contributed by atoms with van der Waals surface area (Å²) in [5.74, 6) is 0. The largest absolute Gasteiger partial charge is 0.383 e. The maximum atomic E-state index is 11.8. The number of methoxy groups -OCH3 is 1. The second-order valence-electron chi connectivity index (χ2n) is 3.37. The van der Waals surface area contributed by atoms with E-state index in [1.807, 2.05) is 27.8 Å². The summed E-state index contributed by atoms with van der Waals surface area (Å²) in [4.78, 5) is 15.3. The van der Waals surface area contributed by atoms with Crippen LogP contribution < -0.4 is 0 Å². The van der Waals surface area contributed by atoms with Crippen LogP contribution in [0.1, 0.15) is 20.8 Å². The van der Waals surface area contributed by atoms with Gasteiger partial charge in [0.15, 0.2) is 0 Å².